The normalized spacial score (nSPS) is 20.2. The van der Waals surface area contributed by atoms with E-state index in [2.05, 4.69) is 11.9 Å². The van der Waals surface area contributed by atoms with Gasteiger partial charge in [-0.05, 0) is 40.1 Å². The van der Waals surface area contributed by atoms with E-state index in [0.717, 1.165) is 16.8 Å². The Labute approximate surface area is 171 Å². The van der Waals surface area contributed by atoms with E-state index in [9.17, 15) is 9.59 Å². The van der Waals surface area contributed by atoms with Gasteiger partial charge in [0, 0.05) is 13.1 Å². The minimum absolute atomic E-state index is 0.0667. The Kier molecular flexibility index (Phi) is 4.28. The molecule has 1 aromatic carbocycles. The number of nitrogens with one attached hydrogen (secondary N) is 1. The second-order valence-corrected chi connectivity index (χ2v) is 7.83. The van der Waals surface area contributed by atoms with Crippen molar-refractivity contribution in [2.75, 3.05) is 19.9 Å². The molecule has 0 radical (unpaired) electrons. The number of ether oxygens (including phenoxy) is 2. The van der Waals surface area contributed by atoms with Crippen LogP contribution in [0.2, 0.25) is 0 Å². The van der Waals surface area contributed by atoms with Gasteiger partial charge in [0.25, 0.3) is 5.91 Å². The molecule has 1 aromatic heterocycles. The number of urea groups is 1. The lowest BCUT2D eigenvalue weighted by molar-refractivity contribution is -0.126. The van der Waals surface area contributed by atoms with E-state index in [-0.39, 0.29) is 18.7 Å². The van der Waals surface area contributed by atoms with Gasteiger partial charge in [0.05, 0.1) is 23.9 Å². The minimum atomic E-state index is -0.431. The van der Waals surface area contributed by atoms with Crippen molar-refractivity contribution in [3.8, 4) is 11.5 Å². The largest absolute Gasteiger partial charge is 0.454 e. The fourth-order valence-corrected chi connectivity index (χ4v) is 4.63. The van der Waals surface area contributed by atoms with Crippen LogP contribution >= 0.6 is 11.3 Å². The number of hydrogen-bond donors (Lipinski definition) is 1. The predicted molar refractivity (Wildman–Crippen MR) is 108 cm³/mol. The SMILES string of the molecule is C=CCN1C(=O)N[C@@H](c2ccsc2)C2=C1CN(Cc1ccc3c(c1)OCO3)C2=O. The monoisotopic (exact) mass is 409 g/mol. The number of carbonyl (C=O) groups excluding carboxylic acids is 2. The van der Waals surface area contributed by atoms with Crippen LogP contribution in [-0.4, -0.2) is 41.6 Å². The zero-order chi connectivity index (χ0) is 20.0. The lowest BCUT2D eigenvalue weighted by Gasteiger charge is -2.32. The Morgan fingerprint density at radius 2 is 2.10 bits per heavy atom. The van der Waals surface area contributed by atoms with Crippen LogP contribution in [0.1, 0.15) is 17.2 Å². The van der Waals surface area contributed by atoms with Crippen molar-refractivity contribution in [1.82, 2.24) is 15.1 Å². The van der Waals surface area contributed by atoms with E-state index in [1.165, 1.54) is 0 Å². The van der Waals surface area contributed by atoms with Crippen LogP contribution in [0.5, 0.6) is 11.5 Å². The molecule has 0 fully saturated rings. The van der Waals surface area contributed by atoms with E-state index < -0.39 is 6.04 Å². The summed E-state index contributed by atoms with van der Waals surface area (Å²) in [6.45, 7) is 5.12. The maximum absolute atomic E-state index is 13.4. The third-order valence-corrected chi connectivity index (χ3v) is 6.00. The van der Waals surface area contributed by atoms with Crippen LogP contribution in [0.4, 0.5) is 4.79 Å². The molecule has 7 nitrogen and oxygen atoms in total. The van der Waals surface area contributed by atoms with E-state index in [1.807, 2.05) is 35.0 Å². The highest BCUT2D eigenvalue weighted by atomic mass is 32.1. The Hall–Kier alpha value is -3.26. The Morgan fingerprint density at radius 1 is 1.24 bits per heavy atom. The minimum Gasteiger partial charge on any atom is -0.454 e. The molecule has 148 valence electrons. The number of carbonyl (C=O) groups is 2. The molecule has 3 amide bonds. The summed E-state index contributed by atoms with van der Waals surface area (Å²) >= 11 is 1.54. The molecule has 5 rings (SSSR count). The molecule has 8 heteroatoms. The highest BCUT2D eigenvalue weighted by molar-refractivity contribution is 7.08. The van der Waals surface area contributed by atoms with Crippen molar-refractivity contribution < 1.29 is 19.1 Å². The first-order chi connectivity index (χ1) is 14.2. The van der Waals surface area contributed by atoms with Crippen LogP contribution < -0.4 is 14.8 Å². The summed E-state index contributed by atoms with van der Waals surface area (Å²) < 4.78 is 10.8. The molecule has 0 bridgehead atoms. The van der Waals surface area contributed by atoms with E-state index in [1.54, 1.807) is 27.2 Å². The highest BCUT2D eigenvalue weighted by Gasteiger charge is 2.43. The molecular formula is C21H19N3O4S. The summed E-state index contributed by atoms with van der Waals surface area (Å²) in [6.07, 6.45) is 1.67. The Balaban J connectivity index is 1.46. The van der Waals surface area contributed by atoms with Crippen LogP contribution in [-0.2, 0) is 11.3 Å². The Bertz CT molecular complexity index is 1030. The highest BCUT2D eigenvalue weighted by Crippen LogP contribution is 2.38. The van der Waals surface area contributed by atoms with Gasteiger partial charge >= 0.3 is 6.03 Å². The molecule has 3 aliphatic heterocycles. The molecule has 1 atom stereocenters. The van der Waals surface area contributed by atoms with Crippen molar-refractivity contribution in [1.29, 1.82) is 0 Å². The van der Waals surface area contributed by atoms with Gasteiger partial charge in [-0.15, -0.1) is 6.58 Å². The molecule has 0 saturated carbocycles. The number of hydrogen-bond acceptors (Lipinski definition) is 5. The summed E-state index contributed by atoms with van der Waals surface area (Å²) in [5, 5.41) is 6.89. The third kappa shape index (κ3) is 2.96. The van der Waals surface area contributed by atoms with Gasteiger partial charge in [0.1, 0.15) is 0 Å². The average molecular weight is 409 g/mol. The van der Waals surface area contributed by atoms with Gasteiger partial charge in [0.15, 0.2) is 11.5 Å². The smallest absolute Gasteiger partial charge is 0.322 e. The molecular weight excluding hydrogens is 390 g/mol. The van der Waals surface area contributed by atoms with Gasteiger partial charge in [0.2, 0.25) is 6.79 Å². The summed E-state index contributed by atoms with van der Waals surface area (Å²) in [4.78, 5) is 29.4. The number of benzene rings is 1. The second-order valence-electron chi connectivity index (χ2n) is 7.05. The first kappa shape index (κ1) is 17.8. The molecule has 4 heterocycles. The number of amides is 3. The van der Waals surface area contributed by atoms with E-state index >= 15 is 0 Å². The molecule has 0 saturated heterocycles. The number of nitrogens with zero attached hydrogens (tertiary/aromatic N) is 2. The third-order valence-electron chi connectivity index (χ3n) is 5.30. The lowest BCUT2D eigenvalue weighted by atomic mass is 9.98. The molecule has 3 aliphatic rings. The quantitative estimate of drug-likeness (QED) is 0.771. The Morgan fingerprint density at radius 3 is 2.90 bits per heavy atom. The van der Waals surface area contributed by atoms with Crippen LogP contribution in [0.3, 0.4) is 0 Å². The average Bonchev–Trinajstić information content (AvgIpc) is 3.45. The summed E-state index contributed by atoms with van der Waals surface area (Å²) in [5.41, 5.74) is 3.25. The maximum Gasteiger partial charge on any atom is 0.322 e. The maximum atomic E-state index is 13.4. The van der Waals surface area contributed by atoms with Crippen LogP contribution in [0.15, 0.2) is 59.0 Å². The lowest BCUT2D eigenvalue weighted by Crippen LogP contribution is -2.47. The van der Waals surface area contributed by atoms with Gasteiger partial charge in [-0.25, -0.2) is 4.79 Å². The molecule has 0 spiro atoms. The predicted octanol–water partition coefficient (Wildman–Crippen LogP) is 3.03. The molecule has 1 N–H and O–H groups in total. The number of fused-ring (bicyclic) bond motifs is 1. The molecule has 0 aliphatic carbocycles. The fraction of sp³-hybridized carbons (Fsp3) is 0.238. The molecule has 29 heavy (non-hydrogen) atoms. The fourth-order valence-electron chi connectivity index (χ4n) is 3.95. The molecule has 2 aromatic rings. The van der Waals surface area contributed by atoms with Gasteiger partial charge in [-0.2, -0.15) is 11.3 Å². The van der Waals surface area contributed by atoms with Crippen molar-refractivity contribution in [2.45, 2.75) is 12.6 Å². The van der Waals surface area contributed by atoms with E-state index in [4.69, 9.17) is 9.47 Å². The van der Waals surface area contributed by atoms with Crippen molar-refractivity contribution in [3.05, 3.63) is 70.1 Å². The topological polar surface area (TPSA) is 71.1 Å². The first-order valence-electron chi connectivity index (χ1n) is 9.27. The van der Waals surface area contributed by atoms with E-state index in [0.29, 0.717) is 36.7 Å². The van der Waals surface area contributed by atoms with Gasteiger partial charge in [-0.3, -0.25) is 9.69 Å². The number of rotatable bonds is 5. The van der Waals surface area contributed by atoms with Crippen LogP contribution in [0.25, 0.3) is 0 Å². The standard InChI is InChI=1S/C21H19N3O4S/c1-2-6-24-15-10-23(9-13-3-4-16-17(8-13)28-12-27-16)20(25)18(15)19(22-21(24)26)14-5-7-29-11-14/h2-5,7-8,11,19H,1,6,9-10,12H2,(H,22,26)/t19-/m0/s1. The molecule has 0 unspecified atom stereocenters. The van der Waals surface area contributed by atoms with Gasteiger partial charge < -0.3 is 19.7 Å². The zero-order valence-electron chi connectivity index (χ0n) is 15.6. The second kappa shape index (κ2) is 6.97. The van der Waals surface area contributed by atoms with Crippen molar-refractivity contribution >= 4 is 23.3 Å². The van der Waals surface area contributed by atoms with Gasteiger partial charge in [-0.1, -0.05) is 12.1 Å². The first-order valence-corrected chi connectivity index (χ1v) is 10.2. The summed E-state index contributed by atoms with van der Waals surface area (Å²) in [6, 6.07) is 6.98. The van der Waals surface area contributed by atoms with Crippen LogP contribution in [0, 0.1) is 0 Å². The summed E-state index contributed by atoms with van der Waals surface area (Å²) in [5.74, 6) is 1.33. The number of thiophene rings is 1. The van der Waals surface area contributed by atoms with Crippen molar-refractivity contribution in [3.63, 3.8) is 0 Å². The zero-order valence-corrected chi connectivity index (χ0v) is 16.4. The van der Waals surface area contributed by atoms with Crippen molar-refractivity contribution in [2.24, 2.45) is 0 Å². The summed E-state index contributed by atoms with van der Waals surface area (Å²) in [7, 11) is 0.